The van der Waals surface area contributed by atoms with Crippen LogP contribution in [0.4, 0.5) is 10.2 Å². The standard InChI is InChI=1S/C24H25FN4O/c1-16-4-6-17(7-5-16)21(14-26)24-27-22(18-8-10-19(25)11-9-18)13-23(28-24)29-12-2-3-20(29)15-30/h4-11,13-14,20,30H,2-3,12,15,26H2,1H3/t20-/m0/s1. The van der Waals surface area contributed by atoms with Gasteiger partial charge in [-0.05, 0) is 49.6 Å². The molecule has 1 aliphatic rings. The van der Waals surface area contributed by atoms with Crippen LogP contribution in [0.25, 0.3) is 16.8 Å². The molecular formula is C24H25FN4O. The van der Waals surface area contributed by atoms with E-state index in [1.807, 2.05) is 37.3 Å². The van der Waals surface area contributed by atoms with Crippen LogP contribution in [0.15, 0.2) is 60.8 Å². The summed E-state index contributed by atoms with van der Waals surface area (Å²) in [5.74, 6) is 0.944. The highest BCUT2D eigenvalue weighted by atomic mass is 19.1. The maximum Gasteiger partial charge on any atom is 0.164 e. The van der Waals surface area contributed by atoms with E-state index in [9.17, 15) is 9.50 Å². The number of anilines is 1. The molecule has 1 saturated heterocycles. The predicted molar refractivity (Wildman–Crippen MR) is 117 cm³/mol. The van der Waals surface area contributed by atoms with E-state index in [2.05, 4.69) is 4.90 Å². The summed E-state index contributed by atoms with van der Waals surface area (Å²) in [4.78, 5) is 11.7. The molecule has 1 aliphatic heterocycles. The number of hydrogen-bond donors (Lipinski definition) is 2. The van der Waals surface area contributed by atoms with Crippen molar-refractivity contribution in [3.8, 4) is 11.3 Å². The Balaban J connectivity index is 1.84. The van der Waals surface area contributed by atoms with Gasteiger partial charge in [-0.3, -0.25) is 0 Å². The van der Waals surface area contributed by atoms with E-state index in [1.165, 1.54) is 18.3 Å². The first-order chi connectivity index (χ1) is 14.6. The highest BCUT2D eigenvalue weighted by Gasteiger charge is 2.26. The number of aliphatic hydroxyl groups is 1. The molecular weight excluding hydrogens is 379 g/mol. The van der Waals surface area contributed by atoms with E-state index >= 15 is 0 Å². The summed E-state index contributed by atoms with van der Waals surface area (Å²) in [5, 5.41) is 9.79. The average molecular weight is 404 g/mol. The molecule has 5 nitrogen and oxygen atoms in total. The van der Waals surface area contributed by atoms with Crippen molar-refractivity contribution in [3.05, 3.63) is 83.6 Å². The number of halogens is 1. The topological polar surface area (TPSA) is 75.3 Å². The summed E-state index contributed by atoms with van der Waals surface area (Å²) < 4.78 is 13.4. The second-order valence-corrected chi connectivity index (χ2v) is 7.56. The summed E-state index contributed by atoms with van der Waals surface area (Å²) in [6.07, 6.45) is 3.43. The molecule has 0 saturated carbocycles. The van der Waals surface area contributed by atoms with Crippen molar-refractivity contribution in [1.29, 1.82) is 0 Å². The quantitative estimate of drug-likeness (QED) is 0.675. The van der Waals surface area contributed by atoms with Crippen LogP contribution in [0.3, 0.4) is 0 Å². The van der Waals surface area contributed by atoms with E-state index in [4.69, 9.17) is 15.7 Å². The Morgan fingerprint density at radius 2 is 1.90 bits per heavy atom. The summed E-state index contributed by atoms with van der Waals surface area (Å²) in [7, 11) is 0. The summed E-state index contributed by atoms with van der Waals surface area (Å²) >= 11 is 0. The maximum absolute atomic E-state index is 13.4. The average Bonchev–Trinajstić information content (AvgIpc) is 3.25. The predicted octanol–water partition coefficient (Wildman–Crippen LogP) is 3.90. The molecule has 6 heteroatoms. The van der Waals surface area contributed by atoms with Gasteiger partial charge in [0.1, 0.15) is 11.6 Å². The Bertz CT molecular complexity index is 1050. The molecule has 30 heavy (non-hydrogen) atoms. The summed E-state index contributed by atoms with van der Waals surface area (Å²) in [5.41, 5.74) is 10.3. The first-order valence-corrected chi connectivity index (χ1v) is 10.1. The lowest BCUT2D eigenvalue weighted by Gasteiger charge is -2.25. The molecule has 0 bridgehead atoms. The zero-order chi connectivity index (χ0) is 21.1. The van der Waals surface area contributed by atoms with Gasteiger partial charge >= 0.3 is 0 Å². The highest BCUT2D eigenvalue weighted by Crippen LogP contribution is 2.30. The number of aromatic nitrogens is 2. The molecule has 154 valence electrons. The minimum absolute atomic E-state index is 0.0264. The van der Waals surface area contributed by atoms with Gasteiger partial charge in [0.05, 0.1) is 18.3 Å². The van der Waals surface area contributed by atoms with Crippen LogP contribution >= 0.6 is 0 Å². The fourth-order valence-corrected chi connectivity index (χ4v) is 3.83. The molecule has 1 atom stereocenters. The number of nitrogens with two attached hydrogens (primary N) is 1. The molecule has 0 unspecified atom stereocenters. The third-order valence-corrected chi connectivity index (χ3v) is 5.50. The van der Waals surface area contributed by atoms with Gasteiger partial charge in [0.15, 0.2) is 5.82 Å². The van der Waals surface area contributed by atoms with Crippen LogP contribution in [0, 0.1) is 12.7 Å². The van der Waals surface area contributed by atoms with E-state index in [-0.39, 0.29) is 18.5 Å². The van der Waals surface area contributed by atoms with Crippen LogP contribution in [0.1, 0.15) is 29.8 Å². The SMILES string of the molecule is Cc1ccc(C(=CN)c2nc(-c3ccc(F)cc3)cc(N3CCC[C@H]3CO)n2)cc1. The van der Waals surface area contributed by atoms with Crippen molar-refractivity contribution >= 4 is 11.4 Å². The molecule has 0 aliphatic carbocycles. The van der Waals surface area contributed by atoms with Crippen molar-refractivity contribution in [1.82, 2.24) is 9.97 Å². The molecule has 2 aromatic carbocycles. The minimum atomic E-state index is -0.296. The monoisotopic (exact) mass is 404 g/mol. The molecule has 0 amide bonds. The number of rotatable bonds is 5. The van der Waals surface area contributed by atoms with Crippen LogP contribution < -0.4 is 10.6 Å². The van der Waals surface area contributed by atoms with Crippen molar-refractivity contribution in [3.63, 3.8) is 0 Å². The van der Waals surface area contributed by atoms with Gasteiger partial charge in [-0.1, -0.05) is 29.8 Å². The number of aliphatic hydroxyl groups excluding tert-OH is 1. The van der Waals surface area contributed by atoms with E-state index in [0.717, 1.165) is 47.5 Å². The lowest BCUT2D eigenvalue weighted by Crippen LogP contribution is -2.33. The van der Waals surface area contributed by atoms with Crippen molar-refractivity contribution in [2.24, 2.45) is 5.73 Å². The van der Waals surface area contributed by atoms with Crippen molar-refractivity contribution in [2.45, 2.75) is 25.8 Å². The smallest absolute Gasteiger partial charge is 0.164 e. The molecule has 3 N–H and O–H groups in total. The third-order valence-electron chi connectivity index (χ3n) is 5.50. The van der Waals surface area contributed by atoms with Crippen LogP contribution in [-0.4, -0.2) is 34.3 Å². The Kier molecular flexibility index (Phi) is 5.77. The van der Waals surface area contributed by atoms with Gasteiger partial charge in [0.25, 0.3) is 0 Å². The van der Waals surface area contributed by atoms with Gasteiger partial charge in [-0.25, -0.2) is 14.4 Å². The third kappa shape index (κ3) is 4.04. The first-order valence-electron chi connectivity index (χ1n) is 10.1. The van der Waals surface area contributed by atoms with Gasteiger partial charge in [-0.2, -0.15) is 0 Å². The Labute approximate surface area is 175 Å². The first kappa shape index (κ1) is 20.0. The molecule has 1 fully saturated rings. The van der Waals surface area contributed by atoms with Gasteiger partial charge in [0.2, 0.25) is 0 Å². The summed E-state index contributed by atoms with van der Waals surface area (Å²) in [6, 6.07) is 16.2. The molecule has 2 heterocycles. The highest BCUT2D eigenvalue weighted by molar-refractivity contribution is 5.78. The number of nitrogens with zero attached hydrogens (tertiary/aromatic N) is 3. The second-order valence-electron chi connectivity index (χ2n) is 7.56. The second kappa shape index (κ2) is 8.63. The lowest BCUT2D eigenvalue weighted by molar-refractivity contribution is 0.266. The van der Waals surface area contributed by atoms with Gasteiger partial charge in [0, 0.05) is 29.9 Å². The van der Waals surface area contributed by atoms with Gasteiger partial charge < -0.3 is 15.7 Å². The largest absolute Gasteiger partial charge is 0.404 e. The Morgan fingerprint density at radius 3 is 2.57 bits per heavy atom. The molecule has 0 spiro atoms. The molecule has 0 radical (unpaired) electrons. The fraction of sp³-hybridized carbons (Fsp3) is 0.250. The van der Waals surface area contributed by atoms with Crippen LogP contribution in [0.2, 0.25) is 0 Å². The number of benzene rings is 2. The Morgan fingerprint density at radius 1 is 1.17 bits per heavy atom. The zero-order valence-corrected chi connectivity index (χ0v) is 16.9. The van der Waals surface area contributed by atoms with E-state index in [1.54, 1.807) is 12.1 Å². The van der Waals surface area contributed by atoms with E-state index in [0.29, 0.717) is 11.5 Å². The zero-order valence-electron chi connectivity index (χ0n) is 16.9. The van der Waals surface area contributed by atoms with Gasteiger partial charge in [-0.15, -0.1) is 0 Å². The Hall–Kier alpha value is -3.25. The molecule has 4 rings (SSSR count). The molecule has 1 aromatic heterocycles. The maximum atomic E-state index is 13.4. The van der Waals surface area contributed by atoms with Crippen molar-refractivity contribution in [2.75, 3.05) is 18.1 Å². The fourth-order valence-electron chi connectivity index (χ4n) is 3.83. The normalized spacial score (nSPS) is 16.8. The number of hydrogen-bond acceptors (Lipinski definition) is 5. The van der Waals surface area contributed by atoms with Crippen LogP contribution in [-0.2, 0) is 0 Å². The van der Waals surface area contributed by atoms with Crippen molar-refractivity contribution < 1.29 is 9.50 Å². The number of aryl methyl sites for hydroxylation is 1. The lowest BCUT2D eigenvalue weighted by atomic mass is 10.0. The summed E-state index contributed by atoms with van der Waals surface area (Å²) in [6.45, 7) is 2.92. The van der Waals surface area contributed by atoms with E-state index < -0.39 is 0 Å². The van der Waals surface area contributed by atoms with Crippen LogP contribution in [0.5, 0.6) is 0 Å². The minimum Gasteiger partial charge on any atom is -0.404 e. The molecule has 3 aromatic rings.